The number of benzene rings is 1. The highest BCUT2D eigenvalue weighted by molar-refractivity contribution is 7.13. The summed E-state index contributed by atoms with van der Waals surface area (Å²) in [4.78, 5) is 17.2. The first-order chi connectivity index (χ1) is 13.7. The number of carbonyl (C=O) groups excluding carboxylic acids is 1. The van der Waals surface area contributed by atoms with E-state index in [4.69, 9.17) is 13.6 Å². The van der Waals surface area contributed by atoms with Crippen LogP contribution < -0.4 is 0 Å². The zero-order valence-electron chi connectivity index (χ0n) is 15.1. The molecule has 142 valence electrons. The molecular formula is C20H17N3O4S. The van der Waals surface area contributed by atoms with Crippen molar-refractivity contribution in [3.63, 3.8) is 0 Å². The fraction of sp³-hybridized carbons (Fsp3) is 0.200. The molecule has 0 radical (unpaired) electrons. The highest BCUT2D eigenvalue weighted by Crippen LogP contribution is 2.24. The lowest BCUT2D eigenvalue weighted by molar-refractivity contribution is -0.145. The number of carbonyl (C=O) groups is 1. The van der Waals surface area contributed by atoms with Gasteiger partial charge in [0, 0.05) is 12.0 Å². The fourth-order valence-electron chi connectivity index (χ4n) is 2.49. The number of oxazole rings is 1. The molecule has 0 bridgehead atoms. The van der Waals surface area contributed by atoms with Crippen LogP contribution in [0, 0.1) is 6.92 Å². The zero-order valence-corrected chi connectivity index (χ0v) is 15.9. The number of ether oxygens (including phenoxy) is 1. The molecule has 0 saturated carbocycles. The molecule has 0 fully saturated rings. The third-order valence-corrected chi connectivity index (χ3v) is 4.83. The minimum Gasteiger partial charge on any atom is -0.459 e. The lowest BCUT2D eigenvalue weighted by atomic mass is 10.1. The molecular weight excluding hydrogens is 378 g/mol. The topological polar surface area (TPSA) is 91.2 Å². The Morgan fingerprint density at radius 2 is 2.00 bits per heavy atom. The van der Waals surface area contributed by atoms with Gasteiger partial charge in [-0.3, -0.25) is 4.79 Å². The molecule has 0 atom stereocenters. The summed E-state index contributed by atoms with van der Waals surface area (Å²) >= 11 is 1.53. The molecule has 3 aromatic heterocycles. The van der Waals surface area contributed by atoms with Crippen molar-refractivity contribution in [2.75, 3.05) is 0 Å². The second-order valence-electron chi connectivity index (χ2n) is 6.15. The molecule has 0 unspecified atom stereocenters. The highest BCUT2D eigenvalue weighted by Gasteiger charge is 2.13. The van der Waals surface area contributed by atoms with Gasteiger partial charge in [-0.05, 0) is 30.5 Å². The van der Waals surface area contributed by atoms with Crippen LogP contribution in [0.2, 0.25) is 0 Å². The zero-order chi connectivity index (χ0) is 19.3. The Morgan fingerprint density at radius 3 is 2.79 bits per heavy atom. The Bertz CT molecular complexity index is 1050. The first kappa shape index (κ1) is 18.1. The third kappa shape index (κ3) is 4.34. The SMILES string of the molecule is Cc1ccc(-c2nnc(CCC(=O)OCc3coc(-c4cccs4)n3)o2)cc1. The van der Waals surface area contributed by atoms with E-state index in [-0.39, 0.29) is 19.0 Å². The molecule has 8 heteroatoms. The molecule has 0 aliphatic carbocycles. The molecule has 1 aromatic carbocycles. The van der Waals surface area contributed by atoms with Crippen LogP contribution in [0.1, 0.15) is 23.6 Å². The Morgan fingerprint density at radius 1 is 1.14 bits per heavy atom. The normalized spacial score (nSPS) is 10.9. The average molecular weight is 395 g/mol. The third-order valence-electron chi connectivity index (χ3n) is 3.97. The largest absolute Gasteiger partial charge is 0.459 e. The molecule has 0 spiro atoms. The average Bonchev–Trinajstić information content (AvgIpc) is 3.46. The summed E-state index contributed by atoms with van der Waals surface area (Å²) in [6, 6.07) is 11.6. The van der Waals surface area contributed by atoms with Crippen LogP contribution in [0.4, 0.5) is 0 Å². The quantitative estimate of drug-likeness (QED) is 0.427. The Labute approximate surface area is 165 Å². The Kier molecular flexibility index (Phi) is 5.29. The van der Waals surface area contributed by atoms with Crippen molar-refractivity contribution in [1.29, 1.82) is 0 Å². The molecule has 0 saturated heterocycles. The van der Waals surface area contributed by atoms with E-state index in [0.717, 1.165) is 16.0 Å². The van der Waals surface area contributed by atoms with Gasteiger partial charge in [-0.1, -0.05) is 23.8 Å². The van der Waals surface area contributed by atoms with Crippen molar-refractivity contribution in [2.24, 2.45) is 0 Å². The second kappa shape index (κ2) is 8.18. The van der Waals surface area contributed by atoms with Gasteiger partial charge in [0.15, 0.2) is 0 Å². The minimum atomic E-state index is -0.365. The molecule has 4 aromatic rings. The van der Waals surface area contributed by atoms with Gasteiger partial charge >= 0.3 is 5.97 Å². The van der Waals surface area contributed by atoms with Crippen molar-refractivity contribution in [1.82, 2.24) is 15.2 Å². The van der Waals surface area contributed by atoms with E-state index in [9.17, 15) is 4.79 Å². The molecule has 3 heterocycles. The lowest BCUT2D eigenvalue weighted by Gasteiger charge is -2.00. The fourth-order valence-corrected chi connectivity index (χ4v) is 3.15. The van der Waals surface area contributed by atoms with Gasteiger partial charge in [0.05, 0.1) is 11.3 Å². The molecule has 0 aliphatic heterocycles. The maximum atomic E-state index is 12.0. The predicted molar refractivity (Wildman–Crippen MR) is 102 cm³/mol. The predicted octanol–water partition coefficient (Wildman–Crippen LogP) is 4.44. The van der Waals surface area contributed by atoms with Crippen molar-refractivity contribution in [3.05, 3.63) is 65.2 Å². The molecule has 4 rings (SSSR count). The summed E-state index contributed by atoms with van der Waals surface area (Å²) < 4.78 is 16.2. The van der Waals surface area contributed by atoms with Crippen molar-refractivity contribution < 1.29 is 18.4 Å². The maximum absolute atomic E-state index is 12.0. The first-order valence-electron chi connectivity index (χ1n) is 8.71. The van der Waals surface area contributed by atoms with Crippen LogP contribution in [0.5, 0.6) is 0 Å². The van der Waals surface area contributed by atoms with Gasteiger partial charge in [0.1, 0.15) is 18.6 Å². The summed E-state index contributed by atoms with van der Waals surface area (Å²) in [5.41, 5.74) is 2.57. The van der Waals surface area contributed by atoms with Crippen LogP contribution in [0.25, 0.3) is 22.2 Å². The second-order valence-corrected chi connectivity index (χ2v) is 7.10. The maximum Gasteiger partial charge on any atom is 0.306 e. The van der Waals surface area contributed by atoms with Crippen molar-refractivity contribution >= 4 is 17.3 Å². The van der Waals surface area contributed by atoms with Gasteiger partial charge in [-0.15, -0.1) is 21.5 Å². The highest BCUT2D eigenvalue weighted by atomic mass is 32.1. The van der Waals surface area contributed by atoms with E-state index in [2.05, 4.69) is 15.2 Å². The summed E-state index contributed by atoms with van der Waals surface area (Å²) in [5, 5.41) is 9.96. The smallest absolute Gasteiger partial charge is 0.306 e. The molecule has 7 nitrogen and oxygen atoms in total. The van der Waals surface area contributed by atoms with E-state index in [1.807, 2.05) is 48.7 Å². The summed E-state index contributed by atoms with van der Waals surface area (Å²) in [6.07, 6.45) is 1.95. The van der Waals surface area contributed by atoms with Crippen LogP contribution in [-0.4, -0.2) is 21.2 Å². The Hall–Kier alpha value is -3.26. The van der Waals surface area contributed by atoms with Crippen LogP contribution in [-0.2, 0) is 22.6 Å². The number of hydrogen-bond donors (Lipinski definition) is 0. The van der Waals surface area contributed by atoms with E-state index >= 15 is 0 Å². The van der Waals surface area contributed by atoms with Crippen LogP contribution in [0.3, 0.4) is 0 Å². The standard InChI is InChI=1S/C20H17N3O4S/c1-13-4-6-14(7-5-13)19-23-22-17(27-19)8-9-18(24)25-11-15-12-26-20(21-15)16-3-2-10-28-16/h2-7,10,12H,8-9,11H2,1H3. The van der Waals surface area contributed by atoms with Crippen molar-refractivity contribution in [3.8, 4) is 22.2 Å². The number of aromatic nitrogens is 3. The van der Waals surface area contributed by atoms with E-state index < -0.39 is 0 Å². The van der Waals surface area contributed by atoms with Crippen molar-refractivity contribution in [2.45, 2.75) is 26.4 Å². The first-order valence-corrected chi connectivity index (χ1v) is 9.58. The van der Waals surface area contributed by atoms with Gasteiger partial charge in [-0.2, -0.15) is 0 Å². The summed E-state index contributed by atoms with van der Waals surface area (Å²) in [7, 11) is 0. The number of nitrogens with zero attached hydrogens (tertiary/aromatic N) is 3. The van der Waals surface area contributed by atoms with E-state index in [1.54, 1.807) is 0 Å². The number of aryl methyl sites for hydroxylation is 2. The number of esters is 1. The summed E-state index contributed by atoms with van der Waals surface area (Å²) in [6.45, 7) is 2.07. The molecule has 28 heavy (non-hydrogen) atoms. The Balaban J connectivity index is 1.26. The van der Waals surface area contributed by atoms with E-state index in [0.29, 0.717) is 29.8 Å². The van der Waals surface area contributed by atoms with Gasteiger partial charge in [0.2, 0.25) is 17.7 Å². The summed E-state index contributed by atoms with van der Waals surface area (Å²) in [5.74, 6) is 0.993. The van der Waals surface area contributed by atoms with Gasteiger partial charge < -0.3 is 13.6 Å². The lowest BCUT2D eigenvalue weighted by Crippen LogP contribution is -2.06. The number of thiophene rings is 1. The van der Waals surface area contributed by atoms with Crippen LogP contribution in [0.15, 0.2) is 56.9 Å². The minimum absolute atomic E-state index is 0.0617. The monoisotopic (exact) mass is 395 g/mol. The van der Waals surface area contributed by atoms with Gasteiger partial charge in [0.25, 0.3) is 0 Å². The van der Waals surface area contributed by atoms with Gasteiger partial charge in [-0.25, -0.2) is 4.98 Å². The molecule has 0 aliphatic rings. The van der Waals surface area contributed by atoms with Crippen LogP contribution >= 0.6 is 11.3 Å². The van der Waals surface area contributed by atoms with E-state index in [1.165, 1.54) is 17.6 Å². The molecule has 0 N–H and O–H groups in total. The number of hydrogen-bond acceptors (Lipinski definition) is 8. The molecule has 0 amide bonds. The number of rotatable bonds is 7.